The van der Waals surface area contributed by atoms with Crippen LogP contribution in [0.5, 0.6) is 0 Å². The maximum atomic E-state index is 12.1. The van der Waals surface area contributed by atoms with Crippen molar-refractivity contribution < 1.29 is 4.21 Å². The molecule has 0 aliphatic carbocycles. The Morgan fingerprint density at radius 2 is 2.18 bits per heavy atom. The molecule has 1 unspecified atom stereocenters. The molecule has 0 spiro atoms. The highest BCUT2D eigenvalue weighted by molar-refractivity contribution is 7.84. The summed E-state index contributed by atoms with van der Waals surface area (Å²) in [5.74, 6) is 0.453. The van der Waals surface area contributed by atoms with Crippen molar-refractivity contribution in [3.8, 4) is 0 Å². The summed E-state index contributed by atoms with van der Waals surface area (Å²) in [6.07, 6.45) is 3.66. The third-order valence-electron chi connectivity index (χ3n) is 2.47. The highest BCUT2D eigenvalue weighted by Gasteiger charge is 2.09. The predicted octanol–water partition coefficient (Wildman–Crippen LogP) is 1.79. The molecule has 1 heterocycles. The number of hydrogen-bond acceptors (Lipinski definition) is 3. The van der Waals surface area contributed by atoms with E-state index < -0.39 is 10.8 Å². The molecule has 2 N–H and O–H groups in total. The van der Waals surface area contributed by atoms with Gasteiger partial charge in [-0.05, 0) is 19.1 Å². The van der Waals surface area contributed by atoms with E-state index in [1.807, 2.05) is 29.9 Å². The van der Waals surface area contributed by atoms with Gasteiger partial charge in [-0.25, -0.2) is 0 Å². The third-order valence-corrected chi connectivity index (χ3v) is 3.93. The maximum absolute atomic E-state index is 12.1. The van der Waals surface area contributed by atoms with Gasteiger partial charge in [0.15, 0.2) is 0 Å². The number of aromatic nitrogens is 2. The number of anilines is 1. The monoisotopic (exact) mass is 249 g/mol. The summed E-state index contributed by atoms with van der Waals surface area (Å²) in [5.41, 5.74) is 7.34. The van der Waals surface area contributed by atoms with Crippen molar-refractivity contribution in [3.63, 3.8) is 0 Å². The van der Waals surface area contributed by atoms with Gasteiger partial charge in [0.1, 0.15) is 0 Å². The summed E-state index contributed by atoms with van der Waals surface area (Å²) in [7, 11) is -1.11. The molecule has 90 valence electrons. The Morgan fingerprint density at radius 1 is 1.41 bits per heavy atom. The van der Waals surface area contributed by atoms with Crippen LogP contribution >= 0.6 is 0 Å². The van der Waals surface area contributed by atoms with Gasteiger partial charge in [-0.1, -0.05) is 12.1 Å². The maximum Gasteiger partial charge on any atom is 0.0620 e. The number of benzene rings is 1. The second-order valence-electron chi connectivity index (χ2n) is 3.73. The summed E-state index contributed by atoms with van der Waals surface area (Å²) in [6.45, 7) is 2.84. The van der Waals surface area contributed by atoms with Gasteiger partial charge in [-0.15, -0.1) is 0 Å². The van der Waals surface area contributed by atoms with Gasteiger partial charge in [-0.3, -0.25) is 8.89 Å². The fourth-order valence-corrected chi connectivity index (χ4v) is 2.74. The van der Waals surface area contributed by atoms with E-state index in [2.05, 4.69) is 5.10 Å². The summed E-state index contributed by atoms with van der Waals surface area (Å²) in [5, 5.41) is 4.15. The lowest BCUT2D eigenvalue weighted by Gasteiger charge is -2.03. The summed E-state index contributed by atoms with van der Waals surface area (Å²) >= 11 is 0. The molecular formula is C12H15N3OS. The van der Waals surface area contributed by atoms with Crippen LogP contribution in [0.25, 0.3) is 0 Å². The first-order chi connectivity index (χ1) is 8.20. The predicted molar refractivity (Wildman–Crippen MR) is 68.9 cm³/mol. The van der Waals surface area contributed by atoms with E-state index in [-0.39, 0.29) is 0 Å². The third kappa shape index (κ3) is 2.74. The van der Waals surface area contributed by atoms with E-state index in [9.17, 15) is 4.21 Å². The molecule has 1 aromatic carbocycles. The molecule has 0 fully saturated rings. The number of aryl methyl sites for hydroxylation is 1. The van der Waals surface area contributed by atoms with Crippen LogP contribution in [0, 0.1) is 0 Å². The van der Waals surface area contributed by atoms with E-state index in [0.29, 0.717) is 16.3 Å². The lowest BCUT2D eigenvalue weighted by Crippen LogP contribution is -2.00. The average Bonchev–Trinajstić information content (AvgIpc) is 2.77. The molecule has 0 aliphatic heterocycles. The molecule has 0 amide bonds. The molecule has 2 rings (SSSR count). The van der Waals surface area contributed by atoms with Crippen LogP contribution in [0.2, 0.25) is 0 Å². The fraction of sp³-hybridized carbons (Fsp3) is 0.250. The number of nitrogen functional groups attached to an aromatic ring is 1. The van der Waals surface area contributed by atoms with Gasteiger partial charge >= 0.3 is 0 Å². The van der Waals surface area contributed by atoms with Crippen molar-refractivity contribution >= 4 is 16.5 Å². The van der Waals surface area contributed by atoms with Gasteiger partial charge < -0.3 is 5.73 Å². The molecule has 2 aromatic rings. The molecule has 5 heteroatoms. The van der Waals surface area contributed by atoms with Crippen LogP contribution in [-0.2, 0) is 23.1 Å². The van der Waals surface area contributed by atoms with Crippen molar-refractivity contribution in [3.05, 3.63) is 42.2 Å². The first-order valence-corrected chi connectivity index (χ1v) is 6.77. The van der Waals surface area contributed by atoms with Crippen LogP contribution in [0.3, 0.4) is 0 Å². The zero-order valence-electron chi connectivity index (χ0n) is 9.67. The summed E-state index contributed by atoms with van der Waals surface area (Å²) < 4.78 is 13.9. The van der Waals surface area contributed by atoms with Crippen molar-refractivity contribution in [1.29, 1.82) is 0 Å². The average molecular weight is 249 g/mol. The molecule has 0 radical (unpaired) electrons. The minimum atomic E-state index is -1.11. The number of nitrogens with zero attached hydrogens (tertiary/aromatic N) is 2. The van der Waals surface area contributed by atoms with Gasteiger partial charge in [0, 0.05) is 24.0 Å². The van der Waals surface area contributed by atoms with Crippen molar-refractivity contribution in [2.45, 2.75) is 24.1 Å². The van der Waals surface area contributed by atoms with Crippen LogP contribution < -0.4 is 5.73 Å². The minimum absolute atomic E-state index is 0.453. The smallest absolute Gasteiger partial charge is 0.0620 e. The zero-order valence-corrected chi connectivity index (χ0v) is 10.5. The van der Waals surface area contributed by atoms with Crippen molar-refractivity contribution in [2.75, 3.05) is 5.73 Å². The minimum Gasteiger partial charge on any atom is -0.398 e. The molecule has 0 saturated carbocycles. The number of para-hydroxylation sites is 1. The number of nitrogens with two attached hydrogens (primary N) is 1. The highest BCUT2D eigenvalue weighted by atomic mass is 32.2. The molecule has 17 heavy (non-hydrogen) atoms. The van der Waals surface area contributed by atoms with Gasteiger partial charge in [0.2, 0.25) is 0 Å². The van der Waals surface area contributed by atoms with E-state index in [1.165, 1.54) is 0 Å². The Morgan fingerprint density at radius 3 is 2.82 bits per heavy atom. The van der Waals surface area contributed by atoms with Gasteiger partial charge in [0.05, 0.1) is 27.6 Å². The number of hydrogen-bond donors (Lipinski definition) is 1. The van der Waals surface area contributed by atoms with Crippen molar-refractivity contribution in [1.82, 2.24) is 9.78 Å². The fourth-order valence-electron chi connectivity index (χ4n) is 1.57. The van der Waals surface area contributed by atoms with Crippen LogP contribution in [0.15, 0.2) is 41.6 Å². The molecule has 0 saturated heterocycles. The second-order valence-corrected chi connectivity index (χ2v) is 5.15. The Labute approximate surface area is 103 Å². The Bertz CT molecular complexity index is 536. The van der Waals surface area contributed by atoms with Crippen LogP contribution in [0.4, 0.5) is 5.69 Å². The number of rotatable bonds is 4. The molecule has 0 bridgehead atoms. The molecular weight excluding hydrogens is 234 g/mol. The van der Waals surface area contributed by atoms with Gasteiger partial charge in [0.25, 0.3) is 0 Å². The van der Waals surface area contributed by atoms with E-state index in [0.717, 1.165) is 12.1 Å². The summed E-state index contributed by atoms with van der Waals surface area (Å²) in [4.78, 5) is 0.691. The molecule has 0 aliphatic rings. The van der Waals surface area contributed by atoms with E-state index in [1.54, 1.807) is 18.3 Å². The van der Waals surface area contributed by atoms with Crippen LogP contribution in [-0.4, -0.2) is 14.0 Å². The largest absolute Gasteiger partial charge is 0.398 e. The van der Waals surface area contributed by atoms with E-state index >= 15 is 0 Å². The topological polar surface area (TPSA) is 60.9 Å². The first kappa shape index (κ1) is 11.9. The lowest BCUT2D eigenvalue weighted by atomic mass is 10.3. The zero-order chi connectivity index (χ0) is 12.3. The quantitative estimate of drug-likeness (QED) is 0.840. The normalized spacial score (nSPS) is 12.5. The molecule has 4 nitrogen and oxygen atoms in total. The first-order valence-electron chi connectivity index (χ1n) is 5.45. The van der Waals surface area contributed by atoms with Gasteiger partial charge in [-0.2, -0.15) is 5.10 Å². The standard InChI is InChI=1S/C12H15N3OS/c1-2-15-8-10(7-14-15)9-17(16)12-6-4-3-5-11(12)13/h3-8H,2,9,13H2,1H3. The van der Waals surface area contributed by atoms with E-state index in [4.69, 9.17) is 5.73 Å². The second kappa shape index (κ2) is 5.14. The van der Waals surface area contributed by atoms with Crippen LogP contribution in [0.1, 0.15) is 12.5 Å². The molecule has 1 atom stereocenters. The Hall–Kier alpha value is -1.62. The lowest BCUT2D eigenvalue weighted by molar-refractivity contribution is 0.659. The Kier molecular flexibility index (Phi) is 3.58. The SMILES string of the molecule is CCn1cc(CS(=O)c2ccccc2N)cn1. The molecule has 1 aromatic heterocycles. The van der Waals surface area contributed by atoms with Crippen molar-refractivity contribution in [2.24, 2.45) is 0 Å². The summed E-state index contributed by atoms with van der Waals surface area (Å²) in [6, 6.07) is 7.25. The highest BCUT2D eigenvalue weighted by Crippen LogP contribution is 2.18. The Balaban J connectivity index is 2.14.